The molecule has 458 valence electrons. The van der Waals surface area contributed by atoms with E-state index in [9.17, 15) is 9.59 Å². The van der Waals surface area contributed by atoms with E-state index in [2.05, 4.69) is 48.1 Å². The maximum absolute atomic E-state index is 15.0. The van der Waals surface area contributed by atoms with E-state index in [0.717, 1.165) is 27.8 Å². The minimum Gasteiger partial charge on any atom is -0.453 e. The zero-order valence-electron chi connectivity index (χ0n) is 50.8. The van der Waals surface area contributed by atoms with Crippen LogP contribution in [0.4, 0.5) is 0 Å². The predicted molar refractivity (Wildman–Crippen MR) is 337 cm³/mol. The molecule has 0 unspecified atom stereocenters. The molecule has 1 aliphatic carbocycles. The van der Waals surface area contributed by atoms with E-state index in [1.54, 1.807) is 54.6 Å². The van der Waals surface area contributed by atoms with E-state index in [0.29, 0.717) is 11.1 Å². The molecule has 0 radical (unpaired) electrons. The Morgan fingerprint density at radius 2 is 0.701 bits per heavy atom. The van der Waals surface area contributed by atoms with Crippen LogP contribution in [0.1, 0.15) is 90.1 Å². The molecule has 0 amide bonds. The number of hydrogen-bond donors (Lipinski definition) is 0. The first-order valence-electron chi connectivity index (χ1n) is 30.4. The zero-order valence-corrected chi connectivity index (χ0v) is 51.8. The van der Waals surface area contributed by atoms with Crippen molar-refractivity contribution >= 4 is 20.3 Å². The summed E-state index contributed by atoms with van der Waals surface area (Å²) in [5.41, 5.74) is 5.64. The normalized spacial score (nSPS) is 23.1. The van der Waals surface area contributed by atoms with Gasteiger partial charge in [-0.15, -0.1) is 6.58 Å². The largest absolute Gasteiger partial charge is 0.453 e. The maximum Gasteiger partial charge on any atom is 0.338 e. The highest BCUT2D eigenvalue weighted by Gasteiger charge is 2.60. The lowest BCUT2D eigenvalue weighted by Crippen LogP contribution is -2.70. The second-order valence-corrected chi connectivity index (χ2v) is 28.6. The fraction of sp³-hybridized carbons (Fsp3) is 0.370. The fourth-order valence-corrected chi connectivity index (χ4v) is 17.7. The number of benzene rings is 7. The average molecular weight is 1200 g/mol. The van der Waals surface area contributed by atoms with Crippen molar-refractivity contribution in [3.63, 3.8) is 0 Å². The van der Waals surface area contributed by atoms with Gasteiger partial charge < -0.3 is 51.8 Å². The molecule has 2 fully saturated rings. The molecule has 0 bridgehead atoms. The highest BCUT2D eigenvalue weighted by molar-refractivity contribution is 6.77. The highest BCUT2D eigenvalue weighted by Crippen LogP contribution is 2.44. The molecule has 9 rings (SSSR count). The standard InChI is InChI=1S/C73H84O13Si/c1-8-44-76-67-68(84-71(74)59-40-26-14-27-41-59)65(80-48-57-36-22-12-23-37-57)64(79-47-56-34-20-11-21-35-56)66(81-49-58-38-24-13-25-39-58)69(67)86-73-70(85-72(75)60-42-28-15-29-43-60)63(78-46-55-32-18-10-19-33-55)62(77-45-54-30-16-9-17-31-54)61(83-73)50-82-87(51(2)3,52(4)5)53(6)7/h8-43,51-53,61-70,73H,1,44-50H2,2-7H3/t61-,62-,63+,64-,65-,66+,67-,68-,69-,70+,73-/m1/s1. The summed E-state index contributed by atoms with van der Waals surface area (Å²) in [6.45, 7) is 18.1. The smallest absolute Gasteiger partial charge is 0.338 e. The molecule has 1 aliphatic heterocycles. The Hall–Kier alpha value is -6.92. The first kappa shape index (κ1) is 64.5. The van der Waals surface area contributed by atoms with Gasteiger partial charge in [-0.25, -0.2) is 9.59 Å². The Balaban J connectivity index is 1.24. The van der Waals surface area contributed by atoms with Gasteiger partial charge >= 0.3 is 11.9 Å². The number of ether oxygens (including phenoxy) is 10. The van der Waals surface area contributed by atoms with Crippen molar-refractivity contribution in [2.75, 3.05) is 13.2 Å². The second kappa shape index (κ2) is 32.3. The third-order valence-corrected chi connectivity index (χ3v) is 22.4. The summed E-state index contributed by atoms with van der Waals surface area (Å²) in [5, 5.41) is 0. The van der Waals surface area contributed by atoms with Crippen molar-refractivity contribution in [2.45, 2.75) is 159 Å². The van der Waals surface area contributed by atoms with Crippen molar-refractivity contribution in [1.82, 2.24) is 0 Å². The van der Waals surface area contributed by atoms with Crippen molar-refractivity contribution in [3.8, 4) is 0 Å². The molecule has 0 aromatic heterocycles. The molecule has 14 heteroatoms. The van der Waals surface area contributed by atoms with Crippen molar-refractivity contribution in [3.05, 3.63) is 264 Å². The van der Waals surface area contributed by atoms with E-state index >= 15 is 0 Å². The van der Waals surface area contributed by atoms with Crippen molar-refractivity contribution in [1.29, 1.82) is 0 Å². The van der Waals surface area contributed by atoms with Gasteiger partial charge in [0.1, 0.15) is 48.8 Å². The summed E-state index contributed by atoms with van der Waals surface area (Å²) in [5.74, 6) is -1.28. The Kier molecular flexibility index (Phi) is 24.0. The maximum atomic E-state index is 15.0. The lowest BCUT2D eigenvalue weighted by molar-refractivity contribution is -0.355. The van der Waals surface area contributed by atoms with Gasteiger partial charge in [0.25, 0.3) is 0 Å². The van der Waals surface area contributed by atoms with E-state index in [1.165, 1.54) is 0 Å². The van der Waals surface area contributed by atoms with Crippen LogP contribution in [-0.2, 0) is 84.8 Å². The topological polar surface area (TPSA) is 136 Å². The Bertz CT molecular complexity index is 3100. The minimum absolute atomic E-state index is 0.0186. The minimum atomic E-state index is -2.62. The van der Waals surface area contributed by atoms with Gasteiger partial charge in [-0.1, -0.05) is 236 Å². The number of hydrogen-bond acceptors (Lipinski definition) is 13. The molecule has 0 N–H and O–H groups in total. The van der Waals surface area contributed by atoms with Crippen LogP contribution in [0.15, 0.2) is 225 Å². The molecule has 7 aromatic rings. The molecular weight excluding hydrogens is 1110 g/mol. The molecule has 7 aromatic carbocycles. The Morgan fingerprint density at radius 1 is 0.402 bits per heavy atom. The third kappa shape index (κ3) is 17.0. The SMILES string of the molecule is C=CCO[C@@H]1[C@H](OC(=O)c2ccccc2)[C@H](OCc2ccccc2)[C@@H](OCc2ccccc2)[C@H](OCc2ccccc2)[C@H]1O[C@H]1O[C@H](CO[Si](C(C)C)(C(C)C)C(C)C)[C@@H](OCc2ccccc2)[C@H](OCc2ccccc2)[C@@H]1OC(=O)c1ccccc1. The average Bonchev–Trinajstić information content (AvgIpc) is 2.07. The lowest BCUT2D eigenvalue weighted by atomic mass is 9.83. The summed E-state index contributed by atoms with van der Waals surface area (Å²) < 4.78 is 79.1. The van der Waals surface area contributed by atoms with Gasteiger partial charge in [0.2, 0.25) is 0 Å². The Morgan fingerprint density at radius 3 is 1.06 bits per heavy atom. The molecule has 87 heavy (non-hydrogen) atoms. The van der Waals surface area contributed by atoms with E-state index < -0.39 is 87.6 Å². The van der Waals surface area contributed by atoms with Crippen LogP contribution in [0.2, 0.25) is 16.6 Å². The summed E-state index contributed by atoms with van der Waals surface area (Å²) in [6.07, 6.45) is -11.0. The van der Waals surface area contributed by atoms with Gasteiger partial charge in [-0.05, 0) is 68.7 Å². The van der Waals surface area contributed by atoms with Gasteiger partial charge in [-0.3, -0.25) is 0 Å². The van der Waals surface area contributed by atoms with E-state index in [4.69, 9.17) is 51.8 Å². The molecule has 11 atom stereocenters. The zero-order chi connectivity index (χ0) is 61.0. The van der Waals surface area contributed by atoms with Crippen LogP contribution in [0.5, 0.6) is 0 Å². The van der Waals surface area contributed by atoms with Crippen LogP contribution in [0, 0.1) is 0 Å². The molecule has 1 heterocycles. The molecule has 2 aliphatic rings. The van der Waals surface area contributed by atoms with Gasteiger partial charge in [0, 0.05) is 0 Å². The van der Waals surface area contributed by atoms with Gasteiger partial charge in [-0.2, -0.15) is 0 Å². The van der Waals surface area contributed by atoms with Crippen LogP contribution >= 0.6 is 0 Å². The highest BCUT2D eigenvalue weighted by atomic mass is 28.4. The molecule has 0 spiro atoms. The second-order valence-electron chi connectivity index (χ2n) is 23.1. The summed E-state index contributed by atoms with van der Waals surface area (Å²) in [4.78, 5) is 29.8. The van der Waals surface area contributed by atoms with Gasteiger partial charge in [0.15, 0.2) is 26.8 Å². The van der Waals surface area contributed by atoms with Crippen LogP contribution in [-0.4, -0.2) is 101 Å². The molecule has 1 saturated carbocycles. The van der Waals surface area contributed by atoms with Gasteiger partial charge in [0.05, 0.1) is 57.4 Å². The Labute approximate surface area is 514 Å². The summed E-state index contributed by atoms with van der Waals surface area (Å²) >= 11 is 0. The van der Waals surface area contributed by atoms with Crippen molar-refractivity contribution in [2.24, 2.45) is 0 Å². The predicted octanol–water partition coefficient (Wildman–Crippen LogP) is 14.3. The molecule has 1 saturated heterocycles. The molecular formula is C73H84O13Si. The van der Waals surface area contributed by atoms with E-state index in [-0.39, 0.29) is 62.9 Å². The third-order valence-electron chi connectivity index (χ3n) is 16.4. The van der Waals surface area contributed by atoms with E-state index in [1.807, 2.05) is 164 Å². The fourth-order valence-electron chi connectivity index (χ4n) is 12.2. The molecule has 13 nitrogen and oxygen atoms in total. The number of rotatable bonds is 30. The van der Waals surface area contributed by atoms with Crippen LogP contribution in [0.3, 0.4) is 0 Å². The quantitative estimate of drug-likeness (QED) is 0.0240. The lowest BCUT2D eigenvalue weighted by Gasteiger charge is -2.52. The summed E-state index contributed by atoms with van der Waals surface area (Å²) in [7, 11) is -2.62. The van der Waals surface area contributed by atoms with Crippen LogP contribution < -0.4 is 0 Å². The monoisotopic (exact) mass is 1200 g/mol. The first-order valence-corrected chi connectivity index (χ1v) is 32.5. The first-order chi connectivity index (χ1) is 42.4. The number of carbonyl (C=O) groups excluding carboxylic acids is 2. The van der Waals surface area contributed by atoms with Crippen LogP contribution in [0.25, 0.3) is 0 Å². The summed E-state index contributed by atoms with van der Waals surface area (Å²) in [6, 6.07) is 66.6. The number of esters is 2. The van der Waals surface area contributed by atoms with Crippen molar-refractivity contribution < 1.29 is 61.4 Å². The number of carbonyl (C=O) groups is 2.